The first-order chi connectivity index (χ1) is 14.4. The number of rotatable bonds is 5. The molecule has 0 bridgehead atoms. The molecule has 0 saturated heterocycles. The van der Waals surface area contributed by atoms with Crippen molar-refractivity contribution in [2.45, 2.75) is 19.4 Å². The number of fused-ring (bicyclic) bond motifs is 1. The number of amides is 2. The number of para-hydroxylation sites is 2. The van der Waals surface area contributed by atoms with E-state index >= 15 is 0 Å². The fraction of sp³-hybridized carbons (Fsp3) is 0.227. The van der Waals surface area contributed by atoms with Crippen LogP contribution in [0.1, 0.15) is 18.9 Å². The molecule has 0 aromatic heterocycles. The minimum atomic E-state index is -0.657. The van der Waals surface area contributed by atoms with Gasteiger partial charge >= 0.3 is 5.97 Å². The van der Waals surface area contributed by atoms with Gasteiger partial charge in [-0.1, -0.05) is 28.1 Å². The minimum absolute atomic E-state index is 0.150. The molecule has 2 aromatic carbocycles. The first kappa shape index (κ1) is 21.6. The number of nitrogens with zero attached hydrogens (tertiary/aromatic N) is 1. The van der Waals surface area contributed by atoms with E-state index in [0.717, 1.165) is 4.47 Å². The summed E-state index contributed by atoms with van der Waals surface area (Å²) in [6.07, 6.45) is 2.95. The Bertz CT molecular complexity index is 1000. The van der Waals surface area contributed by atoms with Crippen molar-refractivity contribution in [2.24, 2.45) is 0 Å². The van der Waals surface area contributed by atoms with Crippen LogP contribution in [0.25, 0.3) is 6.08 Å². The maximum absolute atomic E-state index is 12.8. The molecule has 1 aliphatic heterocycles. The van der Waals surface area contributed by atoms with E-state index in [9.17, 15) is 14.4 Å². The van der Waals surface area contributed by atoms with Crippen LogP contribution in [0.5, 0.6) is 5.75 Å². The highest BCUT2D eigenvalue weighted by Crippen LogP contribution is 2.31. The second-order valence-electron chi connectivity index (χ2n) is 6.71. The second-order valence-corrected chi connectivity index (χ2v) is 7.63. The first-order valence-corrected chi connectivity index (χ1v) is 10.1. The third kappa shape index (κ3) is 5.07. The van der Waals surface area contributed by atoms with Crippen molar-refractivity contribution in [2.75, 3.05) is 23.9 Å². The van der Waals surface area contributed by atoms with E-state index < -0.39 is 18.5 Å². The normalized spacial score (nSPS) is 15.9. The zero-order chi connectivity index (χ0) is 21.7. The lowest BCUT2D eigenvalue weighted by molar-refractivity contribution is -0.143. The molecule has 7 nitrogen and oxygen atoms in total. The molecule has 1 heterocycles. The summed E-state index contributed by atoms with van der Waals surface area (Å²) < 4.78 is 11.2. The fourth-order valence-electron chi connectivity index (χ4n) is 3.21. The fourth-order valence-corrected chi connectivity index (χ4v) is 3.59. The number of hydrogen-bond donors (Lipinski definition) is 1. The Hall–Kier alpha value is -3.13. The van der Waals surface area contributed by atoms with E-state index in [0.29, 0.717) is 22.7 Å². The number of ether oxygens (including phenoxy) is 2. The van der Waals surface area contributed by atoms with Gasteiger partial charge in [0.2, 0.25) is 5.91 Å². The van der Waals surface area contributed by atoms with Crippen LogP contribution in [0, 0.1) is 0 Å². The molecule has 156 valence electrons. The molecule has 30 heavy (non-hydrogen) atoms. The SMILES string of the molecule is COc1ccc(Br)cc1/C=C/C(=O)OCC(=O)N1c2ccccc2NC(=O)CC1C. The van der Waals surface area contributed by atoms with Crippen LogP contribution in [-0.4, -0.2) is 37.5 Å². The Morgan fingerprint density at radius 1 is 1.27 bits per heavy atom. The predicted molar refractivity (Wildman–Crippen MR) is 117 cm³/mol. The number of carbonyl (C=O) groups excluding carboxylic acids is 3. The third-order valence-corrected chi connectivity index (χ3v) is 5.05. The number of methoxy groups -OCH3 is 1. The Morgan fingerprint density at radius 2 is 2.03 bits per heavy atom. The van der Waals surface area contributed by atoms with E-state index in [1.54, 1.807) is 49.4 Å². The summed E-state index contributed by atoms with van der Waals surface area (Å²) >= 11 is 3.37. The zero-order valence-corrected chi connectivity index (χ0v) is 18.1. The standard InChI is InChI=1S/C22H21BrN2O5/c1-14-11-20(26)24-17-5-3-4-6-18(17)25(14)21(27)13-30-22(28)10-7-15-12-16(23)8-9-19(15)29-2/h3-10,12,14H,11,13H2,1-2H3,(H,24,26)/b10-7+. The molecule has 1 N–H and O–H groups in total. The summed E-state index contributed by atoms with van der Waals surface area (Å²) in [4.78, 5) is 38.5. The molecule has 0 spiro atoms. The average Bonchev–Trinajstić information content (AvgIpc) is 2.84. The largest absolute Gasteiger partial charge is 0.496 e. The van der Waals surface area contributed by atoms with E-state index in [-0.39, 0.29) is 18.4 Å². The molecule has 2 amide bonds. The molecule has 0 saturated carbocycles. The number of halogens is 1. The van der Waals surface area contributed by atoms with E-state index in [4.69, 9.17) is 9.47 Å². The Kier molecular flexibility index (Phi) is 6.89. The van der Waals surface area contributed by atoms with E-state index in [2.05, 4.69) is 21.2 Å². The highest BCUT2D eigenvalue weighted by Gasteiger charge is 2.29. The van der Waals surface area contributed by atoms with Crippen LogP contribution in [0.15, 0.2) is 53.0 Å². The summed E-state index contributed by atoms with van der Waals surface area (Å²) in [7, 11) is 1.54. The van der Waals surface area contributed by atoms with Crippen molar-refractivity contribution < 1.29 is 23.9 Å². The van der Waals surface area contributed by atoms with Gasteiger partial charge in [-0.2, -0.15) is 0 Å². The second kappa shape index (κ2) is 9.58. The van der Waals surface area contributed by atoms with Crippen LogP contribution in [0.4, 0.5) is 11.4 Å². The minimum Gasteiger partial charge on any atom is -0.496 e. The zero-order valence-electron chi connectivity index (χ0n) is 16.6. The van der Waals surface area contributed by atoms with E-state index in [1.165, 1.54) is 18.1 Å². The quantitative estimate of drug-likeness (QED) is 0.528. The van der Waals surface area contributed by atoms with Gasteiger partial charge in [0, 0.05) is 28.6 Å². The van der Waals surface area contributed by atoms with Crippen LogP contribution in [0.2, 0.25) is 0 Å². The number of anilines is 2. The predicted octanol–water partition coefficient (Wildman–Crippen LogP) is 3.78. The van der Waals surface area contributed by atoms with Crippen LogP contribution >= 0.6 is 15.9 Å². The molecular weight excluding hydrogens is 452 g/mol. The molecule has 0 aliphatic carbocycles. The number of carbonyl (C=O) groups is 3. The Morgan fingerprint density at radius 3 is 2.80 bits per heavy atom. The summed E-state index contributed by atoms with van der Waals surface area (Å²) in [5, 5.41) is 2.79. The average molecular weight is 473 g/mol. The molecule has 8 heteroatoms. The first-order valence-electron chi connectivity index (χ1n) is 9.28. The smallest absolute Gasteiger partial charge is 0.331 e. The van der Waals surface area contributed by atoms with Crippen molar-refractivity contribution in [3.63, 3.8) is 0 Å². The monoisotopic (exact) mass is 472 g/mol. The number of hydrogen-bond acceptors (Lipinski definition) is 5. The summed E-state index contributed by atoms with van der Waals surface area (Å²) in [6.45, 7) is 1.34. The van der Waals surface area contributed by atoms with Crippen LogP contribution in [0.3, 0.4) is 0 Å². The molecule has 1 unspecified atom stereocenters. The summed E-state index contributed by atoms with van der Waals surface area (Å²) in [6, 6.07) is 12.1. The lowest BCUT2D eigenvalue weighted by atomic mass is 10.1. The molecule has 0 fully saturated rings. The van der Waals surface area contributed by atoms with Crippen molar-refractivity contribution in [3.05, 3.63) is 58.6 Å². The van der Waals surface area contributed by atoms with Gasteiger partial charge in [0.1, 0.15) is 5.75 Å². The maximum Gasteiger partial charge on any atom is 0.331 e. The van der Waals surface area contributed by atoms with Gasteiger partial charge in [-0.05, 0) is 43.3 Å². The molecule has 1 atom stereocenters. The van der Waals surface area contributed by atoms with Gasteiger partial charge in [0.05, 0.1) is 18.5 Å². The maximum atomic E-state index is 12.8. The Balaban J connectivity index is 1.69. The van der Waals surface area contributed by atoms with Crippen molar-refractivity contribution in [1.82, 2.24) is 0 Å². The Labute approximate surface area is 182 Å². The van der Waals surface area contributed by atoms with Gasteiger partial charge < -0.3 is 19.7 Å². The van der Waals surface area contributed by atoms with Crippen molar-refractivity contribution in [3.8, 4) is 5.75 Å². The molecule has 2 aromatic rings. The van der Waals surface area contributed by atoms with Gasteiger partial charge in [0.15, 0.2) is 6.61 Å². The third-order valence-electron chi connectivity index (χ3n) is 4.56. The molecule has 3 rings (SSSR count). The van der Waals surface area contributed by atoms with Crippen LogP contribution in [-0.2, 0) is 19.1 Å². The van der Waals surface area contributed by atoms with E-state index in [1.807, 2.05) is 6.07 Å². The van der Waals surface area contributed by atoms with Gasteiger partial charge in [-0.25, -0.2) is 4.79 Å². The number of benzene rings is 2. The number of esters is 1. The van der Waals surface area contributed by atoms with Crippen LogP contribution < -0.4 is 15.0 Å². The lowest BCUT2D eigenvalue weighted by Crippen LogP contribution is -2.41. The summed E-state index contributed by atoms with van der Waals surface area (Å²) in [5.41, 5.74) is 1.81. The highest BCUT2D eigenvalue weighted by atomic mass is 79.9. The van der Waals surface area contributed by atoms with Gasteiger partial charge in [0.25, 0.3) is 5.91 Å². The molecule has 0 radical (unpaired) electrons. The van der Waals surface area contributed by atoms with Gasteiger partial charge in [-0.15, -0.1) is 0 Å². The van der Waals surface area contributed by atoms with Crippen molar-refractivity contribution >= 4 is 51.2 Å². The number of nitrogens with one attached hydrogen (secondary N) is 1. The highest BCUT2D eigenvalue weighted by molar-refractivity contribution is 9.10. The topological polar surface area (TPSA) is 84.9 Å². The molecule has 1 aliphatic rings. The van der Waals surface area contributed by atoms with Gasteiger partial charge in [-0.3, -0.25) is 9.59 Å². The molecular formula is C22H21BrN2O5. The lowest BCUT2D eigenvalue weighted by Gasteiger charge is -2.27. The van der Waals surface area contributed by atoms with Crippen molar-refractivity contribution in [1.29, 1.82) is 0 Å². The summed E-state index contributed by atoms with van der Waals surface area (Å²) in [5.74, 6) is -0.637.